The first-order chi connectivity index (χ1) is 16.4. The van der Waals surface area contributed by atoms with Crippen LogP contribution in [0.2, 0.25) is 0 Å². The Morgan fingerprint density at radius 2 is 1.59 bits per heavy atom. The highest BCUT2D eigenvalue weighted by molar-refractivity contribution is 8.04. The lowest BCUT2D eigenvalue weighted by Gasteiger charge is -2.16. The summed E-state index contributed by atoms with van der Waals surface area (Å²) >= 11 is 1.25. The summed E-state index contributed by atoms with van der Waals surface area (Å²) in [6.45, 7) is 5.92. The number of imide groups is 1. The van der Waals surface area contributed by atoms with Gasteiger partial charge in [0.2, 0.25) is 0 Å². The lowest BCUT2D eigenvalue weighted by Crippen LogP contribution is -2.32. The molecule has 34 heavy (non-hydrogen) atoms. The second-order valence-electron chi connectivity index (χ2n) is 7.77. The van der Waals surface area contributed by atoms with Gasteiger partial charge < -0.3 is 10.1 Å². The number of carbonyl (C=O) groups excluding carboxylic acids is 3. The normalized spacial score (nSPS) is 13.4. The van der Waals surface area contributed by atoms with E-state index in [4.69, 9.17) is 4.74 Å². The molecule has 0 atom stereocenters. The number of thioether (sulfide) groups is 1. The maximum absolute atomic E-state index is 13.5. The van der Waals surface area contributed by atoms with E-state index >= 15 is 0 Å². The Balaban J connectivity index is 1.70. The fourth-order valence-corrected chi connectivity index (χ4v) is 4.41. The number of para-hydroxylation sites is 1. The minimum absolute atomic E-state index is 0.222. The second kappa shape index (κ2) is 9.97. The second-order valence-corrected chi connectivity index (χ2v) is 8.86. The Kier molecular flexibility index (Phi) is 6.84. The molecule has 0 radical (unpaired) electrons. The highest BCUT2D eigenvalue weighted by Gasteiger charge is 2.40. The molecule has 0 saturated carbocycles. The van der Waals surface area contributed by atoms with Crippen molar-refractivity contribution in [2.24, 2.45) is 0 Å². The average Bonchev–Trinajstić information content (AvgIpc) is 3.06. The van der Waals surface area contributed by atoms with E-state index < -0.39 is 17.8 Å². The van der Waals surface area contributed by atoms with Gasteiger partial charge in [0.05, 0.1) is 17.9 Å². The molecule has 0 spiro atoms. The molecular weight excluding hydrogens is 448 g/mol. The fraction of sp³-hybridized carbons (Fsp3) is 0.148. The number of hydrogen-bond donors (Lipinski definition) is 1. The molecule has 2 amide bonds. The van der Waals surface area contributed by atoms with Gasteiger partial charge in [0.25, 0.3) is 11.8 Å². The zero-order chi connectivity index (χ0) is 24.2. The molecule has 0 saturated heterocycles. The maximum Gasteiger partial charge on any atom is 0.338 e. The van der Waals surface area contributed by atoms with Crippen LogP contribution >= 0.6 is 11.8 Å². The van der Waals surface area contributed by atoms with E-state index in [1.165, 1.54) is 11.8 Å². The van der Waals surface area contributed by atoms with Gasteiger partial charge in [-0.25, -0.2) is 9.69 Å². The number of nitrogens with zero attached hydrogens (tertiary/aromatic N) is 1. The van der Waals surface area contributed by atoms with Crippen molar-refractivity contribution in [2.75, 3.05) is 16.8 Å². The van der Waals surface area contributed by atoms with Crippen molar-refractivity contribution in [3.8, 4) is 0 Å². The smallest absolute Gasteiger partial charge is 0.338 e. The highest BCUT2D eigenvalue weighted by atomic mass is 32.2. The van der Waals surface area contributed by atoms with Crippen LogP contribution in [0.5, 0.6) is 0 Å². The minimum atomic E-state index is -0.455. The van der Waals surface area contributed by atoms with Crippen molar-refractivity contribution in [3.63, 3.8) is 0 Å². The standard InChI is InChI=1S/C27H24N2O4S/c1-4-33-27(32)19-11-13-20(14-12-19)29-25(30)23(28-22-8-6-5-7-18(22)3)24(26(29)31)34-21-15-9-17(2)10-16-21/h5-16,28H,4H2,1-3H3. The summed E-state index contributed by atoms with van der Waals surface area (Å²) in [4.78, 5) is 41.3. The predicted octanol–water partition coefficient (Wildman–Crippen LogP) is 5.47. The molecule has 0 aliphatic carbocycles. The molecule has 1 heterocycles. The molecule has 0 unspecified atom stereocenters. The monoisotopic (exact) mass is 472 g/mol. The molecule has 172 valence electrons. The van der Waals surface area contributed by atoms with Gasteiger partial charge >= 0.3 is 5.97 Å². The Hall–Kier alpha value is -3.84. The number of hydrogen-bond acceptors (Lipinski definition) is 6. The number of benzene rings is 3. The van der Waals surface area contributed by atoms with E-state index in [0.29, 0.717) is 16.2 Å². The fourth-order valence-electron chi connectivity index (χ4n) is 3.48. The van der Waals surface area contributed by atoms with Crippen molar-refractivity contribution < 1.29 is 19.1 Å². The SMILES string of the molecule is CCOC(=O)c1ccc(N2C(=O)C(Nc3ccccc3C)=C(Sc3ccc(C)cc3)C2=O)cc1. The van der Waals surface area contributed by atoms with Gasteiger partial charge in [-0.2, -0.15) is 0 Å². The van der Waals surface area contributed by atoms with Crippen molar-refractivity contribution >= 4 is 40.9 Å². The maximum atomic E-state index is 13.5. The van der Waals surface area contributed by atoms with Gasteiger partial charge in [-0.3, -0.25) is 9.59 Å². The van der Waals surface area contributed by atoms with Crippen LogP contribution in [0.1, 0.15) is 28.4 Å². The van der Waals surface area contributed by atoms with Crippen LogP contribution in [-0.4, -0.2) is 24.4 Å². The summed E-state index contributed by atoms with van der Waals surface area (Å²) in [6.07, 6.45) is 0. The van der Waals surface area contributed by atoms with Crippen LogP contribution in [0.3, 0.4) is 0 Å². The van der Waals surface area contributed by atoms with Gasteiger partial charge in [0, 0.05) is 10.6 Å². The van der Waals surface area contributed by atoms with Crippen LogP contribution in [0.4, 0.5) is 11.4 Å². The first kappa shape index (κ1) is 23.3. The lowest BCUT2D eigenvalue weighted by molar-refractivity contribution is -0.120. The van der Waals surface area contributed by atoms with Crippen LogP contribution < -0.4 is 10.2 Å². The van der Waals surface area contributed by atoms with Crippen molar-refractivity contribution in [3.05, 3.63) is 100 Å². The molecule has 1 aliphatic rings. The quantitative estimate of drug-likeness (QED) is 0.363. The molecule has 7 heteroatoms. The van der Waals surface area contributed by atoms with Crippen LogP contribution in [0, 0.1) is 13.8 Å². The van der Waals surface area contributed by atoms with Crippen LogP contribution in [0.15, 0.2) is 88.3 Å². The molecule has 0 bridgehead atoms. The molecule has 1 aliphatic heterocycles. The van der Waals surface area contributed by atoms with Crippen molar-refractivity contribution in [2.45, 2.75) is 25.7 Å². The molecule has 6 nitrogen and oxygen atoms in total. The molecule has 3 aromatic rings. The zero-order valence-corrected chi connectivity index (χ0v) is 19.9. The summed E-state index contributed by atoms with van der Waals surface area (Å²) in [5.41, 5.74) is 3.76. The van der Waals surface area contributed by atoms with Gasteiger partial charge in [0.1, 0.15) is 10.6 Å². The van der Waals surface area contributed by atoms with E-state index in [0.717, 1.165) is 26.6 Å². The number of carbonyl (C=O) groups is 3. The molecule has 0 aromatic heterocycles. The van der Waals surface area contributed by atoms with E-state index in [-0.39, 0.29) is 12.3 Å². The van der Waals surface area contributed by atoms with E-state index in [1.54, 1.807) is 31.2 Å². The third-order valence-corrected chi connectivity index (χ3v) is 6.41. The molecule has 1 N–H and O–H groups in total. The van der Waals surface area contributed by atoms with Gasteiger partial charge in [-0.05, 0) is 68.8 Å². The largest absolute Gasteiger partial charge is 0.462 e. The molecule has 0 fully saturated rings. The van der Waals surface area contributed by atoms with Gasteiger partial charge in [0.15, 0.2) is 0 Å². The Labute approximate surface area is 202 Å². The first-order valence-corrected chi connectivity index (χ1v) is 11.7. The highest BCUT2D eigenvalue weighted by Crippen LogP contribution is 2.38. The topological polar surface area (TPSA) is 75.7 Å². The number of aryl methyl sites for hydroxylation is 2. The van der Waals surface area contributed by atoms with E-state index in [9.17, 15) is 14.4 Å². The third kappa shape index (κ3) is 4.75. The Morgan fingerprint density at radius 3 is 2.24 bits per heavy atom. The Bertz CT molecular complexity index is 1280. The first-order valence-electron chi connectivity index (χ1n) is 10.9. The number of nitrogens with one attached hydrogen (secondary N) is 1. The zero-order valence-electron chi connectivity index (χ0n) is 19.1. The summed E-state index contributed by atoms with van der Waals surface area (Å²) in [6, 6.07) is 21.6. The van der Waals surface area contributed by atoms with Gasteiger partial charge in [-0.15, -0.1) is 0 Å². The predicted molar refractivity (Wildman–Crippen MR) is 134 cm³/mol. The van der Waals surface area contributed by atoms with E-state index in [2.05, 4.69) is 5.32 Å². The molecule has 3 aromatic carbocycles. The number of anilines is 2. The summed E-state index contributed by atoms with van der Waals surface area (Å²) in [7, 11) is 0. The number of ether oxygens (including phenoxy) is 1. The third-order valence-electron chi connectivity index (χ3n) is 5.32. The molecular formula is C27H24N2O4S. The number of esters is 1. The summed E-state index contributed by atoms with van der Waals surface area (Å²) in [5.74, 6) is -1.33. The Morgan fingerprint density at radius 1 is 0.912 bits per heavy atom. The summed E-state index contributed by atoms with van der Waals surface area (Å²) < 4.78 is 5.01. The summed E-state index contributed by atoms with van der Waals surface area (Å²) in [5, 5.41) is 3.19. The number of rotatable bonds is 7. The molecule has 4 rings (SSSR count). The van der Waals surface area contributed by atoms with Gasteiger partial charge in [-0.1, -0.05) is 47.7 Å². The minimum Gasteiger partial charge on any atom is -0.462 e. The van der Waals surface area contributed by atoms with Crippen molar-refractivity contribution in [1.82, 2.24) is 0 Å². The van der Waals surface area contributed by atoms with E-state index in [1.807, 2.05) is 62.4 Å². The number of amides is 2. The van der Waals surface area contributed by atoms with Crippen LogP contribution in [-0.2, 0) is 14.3 Å². The van der Waals surface area contributed by atoms with Crippen LogP contribution in [0.25, 0.3) is 0 Å². The lowest BCUT2D eigenvalue weighted by atomic mass is 10.2. The van der Waals surface area contributed by atoms with Crippen molar-refractivity contribution in [1.29, 1.82) is 0 Å². The average molecular weight is 473 g/mol.